The normalized spacial score (nSPS) is 24.0. The Hall–Kier alpha value is -2.99. The number of nitrogens with zero attached hydrogens (tertiary/aromatic N) is 1. The van der Waals surface area contributed by atoms with Gasteiger partial charge in [-0.3, -0.25) is 9.59 Å². The summed E-state index contributed by atoms with van der Waals surface area (Å²) in [5.41, 5.74) is 6.63. The number of amides is 2. The van der Waals surface area contributed by atoms with Gasteiger partial charge < -0.3 is 11.1 Å². The zero-order valence-electron chi connectivity index (χ0n) is 22.7. The highest BCUT2D eigenvalue weighted by Gasteiger charge is 2.46. The number of primary amides is 1. The fourth-order valence-corrected chi connectivity index (χ4v) is 6.95. The minimum Gasteiger partial charge on any atom is -0.368 e. The van der Waals surface area contributed by atoms with Crippen LogP contribution in [0.1, 0.15) is 75.5 Å². The van der Waals surface area contributed by atoms with E-state index in [2.05, 4.69) is 18.0 Å². The molecule has 2 aliphatic rings. The summed E-state index contributed by atoms with van der Waals surface area (Å²) in [6.45, 7) is 9.48. The first kappa shape index (κ1) is 30.6. The molecule has 5 nitrogen and oxygen atoms in total. The van der Waals surface area contributed by atoms with Crippen molar-refractivity contribution >= 4 is 23.6 Å². The van der Waals surface area contributed by atoms with Crippen molar-refractivity contribution in [3.63, 3.8) is 0 Å². The lowest BCUT2D eigenvalue weighted by Crippen LogP contribution is -2.58. The lowest BCUT2D eigenvalue weighted by molar-refractivity contribution is -0.130. The molecule has 0 aromatic heterocycles. The Kier molecular flexibility index (Phi) is 9.76. The minimum absolute atomic E-state index is 0.106. The predicted octanol–water partition coefficient (Wildman–Crippen LogP) is 6.56. The van der Waals surface area contributed by atoms with E-state index in [1.165, 1.54) is 0 Å². The molecule has 1 aromatic rings. The third-order valence-corrected chi connectivity index (χ3v) is 8.76. The number of carbonyl (C=O) groups excluding carboxylic acids is 2. The van der Waals surface area contributed by atoms with Crippen molar-refractivity contribution in [2.45, 2.75) is 89.1 Å². The van der Waals surface area contributed by atoms with E-state index in [9.17, 15) is 28.0 Å². The zero-order valence-corrected chi connectivity index (χ0v) is 23.5. The van der Waals surface area contributed by atoms with Gasteiger partial charge in [0, 0.05) is 5.25 Å². The molecule has 210 valence electrons. The van der Waals surface area contributed by atoms with Crippen LogP contribution in [0.15, 0.2) is 52.5 Å². The van der Waals surface area contributed by atoms with Crippen molar-refractivity contribution in [3.8, 4) is 6.07 Å². The highest BCUT2D eigenvalue weighted by molar-refractivity contribution is 8.04. The molecule has 0 spiro atoms. The van der Waals surface area contributed by atoms with Crippen molar-refractivity contribution in [3.05, 3.63) is 69.2 Å². The number of carbonyl (C=O) groups is 2. The summed E-state index contributed by atoms with van der Waals surface area (Å²) in [6, 6.07) is 7.80. The Labute approximate surface area is 232 Å². The molecular formula is C30H36F3N3O2S. The maximum Gasteiger partial charge on any atom is 0.417 e. The SMILES string of the molecule is C=C1CC(CCCC)SC(C(=O)N[C@]2(C(N)=O)CCC(Cc3cc(C)ccc3C#N)=C[C@@H](C)C2)=C1C(F)(F)F. The largest absolute Gasteiger partial charge is 0.417 e. The van der Waals surface area contributed by atoms with Gasteiger partial charge in [-0.1, -0.05) is 62.6 Å². The summed E-state index contributed by atoms with van der Waals surface area (Å²) in [5, 5.41) is 12.0. The average molecular weight is 560 g/mol. The second-order valence-electron chi connectivity index (χ2n) is 10.7. The Balaban J connectivity index is 1.89. The molecule has 1 aliphatic heterocycles. The molecule has 0 bridgehead atoms. The number of aryl methyl sites for hydroxylation is 1. The van der Waals surface area contributed by atoms with E-state index in [1.807, 2.05) is 39.0 Å². The number of halogens is 3. The number of rotatable bonds is 8. The number of allylic oxidation sites excluding steroid dienone is 4. The molecule has 3 atom stereocenters. The summed E-state index contributed by atoms with van der Waals surface area (Å²) in [6.07, 6.45) is 1.01. The van der Waals surface area contributed by atoms with Gasteiger partial charge in [-0.05, 0) is 68.6 Å². The number of alkyl halides is 3. The molecule has 3 N–H and O–H groups in total. The van der Waals surface area contributed by atoms with Gasteiger partial charge >= 0.3 is 6.18 Å². The number of hydrogen-bond acceptors (Lipinski definition) is 4. The quantitative estimate of drug-likeness (QED) is 0.353. The monoisotopic (exact) mass is 559 g/mol. The fourth-order valence-electron chi connectivity index (χ4n) is 5.51. The van der Waals surface area contributed by atoms with Crippen LogP contribution < -0.4 is 11.1 Å². The second kappa shape index (κ2) is 12.5. The van der Waals surface area contributed by atoms with Crippen molar-refractivity contribution in [1.29, 1.82) is 5.26 Å². The number of unbranched alkanes of at least 4 members (excludes halogenated alkanes) is 1. The molecule has 0 fully saturated rings. The van der Waals surface area contributed by atoms with Crippen molar-refractivity contribution < 1.29 is 22.8 Å². The van der Waals surface area contributed by atoms with Crippen LogP contribution in [0.4, 0.5) is 13.2 Å². The molecule has 1 unspecified atom stereocenters. The molecule has 39 heavy (non-hydrogen) atoms. The lowest BCUT2D eigenvalue weighted by Gasteiger charge is -2.35. The van der Waals surface area contributed by atoms with Gasteiger partial charge in [0.05, 0.1) is 22.1 Å². The van der Waals surface area contributed by atoms with E-state index < -0.39 is 34.0 Å². The Morgan fingerprint density at radius 3 is 2.67 bits per heavy atom. The number of nitriles is 1. The first-order valence-corrected chi connectivity index (χ1v) is 14.2. The van der Waals surface area contributed by atoms with Gasteiger partial charge in [-0.2, -0.15) is 18.4 Å². The van der Waals surface area contributed by atoms with Crippen LogP contribution in [-0.2, 0) is 16.0 Å². The first-order valence-electron chi connectivity index (χ1n) is 13.3. The third kappa shape index (κ3) is 7.36. The highest BCUT2D eigenvalue weighted by Crippen LogP contribution is 2.47. The first-order chi connectivity index (χ1) is 18.3. The molecule has 1 aromatic carbocycles. The van der Waals surface area contributed by atoms with Gasteiger partial charge in [0.1, 0.15) is 5.54 Å². The molecule has 2 amide bonds. The van der Waals surface area contributed by atoms with E-state index in [4.69, 9.17) is 5.73 Å². The summed E-state index contributed by atoms with van der Waals surface area (Å²) < 4.78 is 42.2. The summed E-state index contributed by atoms with van der Waals surface area (Å²) >= 11 is 0.922. The van der Waals surface area contributed by atoms with Crippen molar-refractivity contribution in [2.75, 3.05) is 0 Å². The lowest BCUT2D eigenvalue weighted by atomic mass is 9.85. The van der Waals surface area contributed by atoms with E-state index >= 15 is 0 Å². The van der Waals surface area contributed by atoms with Crippen LogP contribution in [-0.4, -0.2) is 28.8 Å². The van der Waals surface area contributed by atoms with Crippen molar-refractivity contribution in [1.82, 2.24) is 5.32 Å². The Bertz CT molecular complexity index is 1240. The van der Waals surface area contributed by atoms with Crippen LogP contribution in [0.3, 0.4) is 0 Å². The van der Waals surface area contributed by atoms with E-state index in [0.29, 0.717) is 24.8 Å². The molecule has 1 aliphatic carbocycles. The number of hydrogen-bond donors (Lipinski definition) is 2. The number of benzene rings is 1. The number of nitrogens with one attached hydrogen (secondary N) is 1. The van der Waals surface area contributed by atoms with Gasteiger partial charge in [0.25, 0.3) is 5.91 Å². The maximum absolute atomic E-state index is 14.1. The maximum atomic E-state index is 14.1. The number of thioether (sulfide) groups is 1. The molecule has 9 heteroatoms. The van der Waals surface area contributed by atoms with Crippen molar-refractivity contribution in [2.24, 2.45) is 11.7 Å². The smallest absolute Gasteiger partial charge is 0.368 e. The number of nitrogens with two attached hydrogens (primary N) is 1. The van der Waals surface area contributed by atoms with Crippen LogP contribution in [0.5, 0.6) is 0 Å². The molecule has 0 saturated carbocycles. The third-order valence-electron chi connectivity index (χ3n) is 7.40. The van der Waals surface area contributed by atoms with E-state index in [-0.39, 0.29) is 36.0 Å². The van der Waals surface area contributed by atoms with E-state index in [1.54, 1.807) is 6.07 Å². The second-order valence-corrected chi connectivity index (χ2v) is 12.1. The van der Waals surface area contributed by atoms with Gasteiger partial charge in [-0.15, -0.1) is 11.8 Å². The van der Waals surface area contributed by atoms with E-state index in [0.717, 1.165) is 41.3 Å². The molecular weight excluding hydrogens is 523 g/mol. The standard InChI is InChI=1S/C30H36F3N3O2S/c1-5-6-7-24-14-20(4)25(30(31,32)33)26(39-24)27(37)36-29(28(35)38)11-10-21(12-19(3)16-29)15-23-13-18(2)8-9-22(23)17-34/h8-9,12-13,19,24H,4-7,10-11,14-16H2,1-3H3,(H2,35,38)(H,36,37)/t19-,24?,29-/m1/s1. The summed E-state index contributed by atoms with van der Waals surface area (Å²) in [4.78, 5) is 25.9. The van der Waals surface area contributed by atoms with Crippen LogP contribution >= 0.6 is 11.8 Å². The molecule has 1 heterocycles. The Morgan fingerprint density at radius 1 is 1.33 bits per heavy atom. The van der Waals surface area contributed by atoms with Gasteiger partial charge in [-0.25, -0.2) is 0 Å². The fraction of sp³-hybridized carbons (Fsp3) is 0.500. The van der Waals surface area contributed by atoms with Gasteiger partial charge in [0.2, 0.25) is 5.91 Å². The summed E-state index contributed by atoms with van der Waals surface area (Å²) in [7, 11) is 0. The van der Waals surface area contributed by atoms with Crippen LogP contribution in [0.25, 0.3) is 0 Å². The summed E-state index contributed by atoms with van der Waals surface area (Å²) in [5.74, 6) is -1.90. The predicted molar refractivity (Wildman–Crippen MR) is 149 cm³/mol. The average Bonchev–Trinajstić information content (AvgIpc) is 3.00. The highest BCUT2D eigenvalue weighted by atomic mass is 32.2. The minimum atomic E-state index is -4.75. The topological polar surface area (TPSA) is 96.0 Å². The Morgan fingerprint density at radius 2 is 2.05 bits per heavy atom. The molecule has 3 rings (SSSR count). The van der Waals surface area contributed by atoms with Crippen LogP contribution in [0.2, 0.25) is 0 Å². The molecule has 0 radical (unpaired) electrons. The molecule has 0 saturated heterocycles. The van der Waals surface area contributed by atoms with Gasteiger partial charge in [0.15, 0.2) is 0 Å². The zero-order chi connectivity index (χ0) is 29.0. The van der Waals surface area contributed by atoms with Crippen LogP contribution in [0, 0.1) is 24.2 Å².